The maximum absolute atomic E-state index is 12.9. The summed E-state index contributed by atoms with van der Waals surface area (Å²) in [6.45, 7) is 11.4. The molecule has 14 heteroatoms. The van der Waals surface area contributed by atoms with Crippen LogP contribution < -0.4 is 14.2 Å². The number of aliphatic carboxylic acids is 1. The molecular formula is C93H90O10S4+4. The maximum atomic E-state index is 12.9. The number of aryl methyl sites for hydroxylation is 6. The number of carbonyl (C=O) groups excluding carboxylic acids is 2. The van der Waals surface area contributed by atoms with E-state index in [9.17, 15) is 19.5 Å². The van der Waals surface area contributed by atoms with Gasteiger partial charge >= 0.3 is 17.9 Å². The zero-order valence-electron chi connectivity index (χ0n) is 61.3. The van der Waals surface area contributed by atoms with Crippen LogP contribution in [0.3, 0.4) is 0 Å². The number of phenolic OH excluding ortho intramolecular Hbond substituents is 1. The molecule has 4 fully saturated rings. The second-order valence-electron chi connectivity index (χ2n) is 26.7. The number of carboxylic acids is 1. The van der Waals surface area contributed by atoms with E-state index in [1.54, 1.807) is 7.11 Å². The fraction of sp³-hybridized carbons (Fsp3) is 0.194. The molecule has 2 aliphatic heterocycles. The Labute approximate surface area is 641 Å². The molecule has 5 atom stereocenters. The zero-order valence-corrected chi connectivity index (χ0v) is 64.6. The molecule has 0 aromatic heterocycles. The molecule has 107 heavy (non-hydrogen) atoms. The van der Waals surface area contributed by atoms with Crippen molar-refractivity contribution >= 4 is 61.5 Å². The molecule has 5 unspecified atom stereocenters. The van der Waals surface area contributed by atoms with Crippen LogP contribution in [0.4, 0.5) is 0 Å². The van der Waals surface area contributed by atoms with E-state index in [0.29, 0.717) is 23.2 Å². The Balaban J connectivity index is 0.000000138. The standard InChI is InChI=1S/C32H33O5S.C22H20O3S.C20H18OS.C19H17OS/c1-20-13-27(38(25-9-5-3-6-10-25)26-11-7-4-8-12-26)14-21(2)30(20)35-19-29(33)37-31-23-15-22-16-24(18-23)32(34)36-28(31)17-22;1-16-13-20(14-17(2)22(16)25-15-21(23)24)26(18-9-5-3-6-10-18)19-11-7-4-8-12-19;1-15-13-19(14-16(2)20(15)21)22(17-9-5-3-6-10-17)18-11-7-4-8-12-18;1-20-16-12-14-19(15-13-16)21(17-8-4-2-5-9-17)18-10-6-3-7-11-18/h3-14,22-24,28,31H,15-19H2,1-2H3;3-14H,15H2,1-2H3;3-14H,1-2H3;2-15H,1H3/q+1;;;+1/p+2. The fourth-order valence-corrected chi connectivity index (χ4v) is 23.1. The van der Waals surface area contributed by atoms with Crippen molar-refractivity contribution in [2.75, 3.05) is 20.3 Å². The summed E-state index contributed by atoms with van der Waals surface area (Å²) in [7, 11) is 0.978. The van der Waals surface area contributed by atoms with Crippen LogP contribution in [0.25, 0.3) is 0 Å². The summed E-state index contributed by atoms with van der Waals surface area (Å²) < 4.78 is 28.4. The number of hydrogen-bond donors (Lipinski definition) is 2. The molecule has 12 aromatic rings. The monoisotopic (exact) mass is 1490 g/mol. The Hall–Kier alpha value is -10.3. The number of fused-ring (bicyclic) bond motifs is 1. The van der Waals surface area contributed by atoms with E-state index in [1.165, 1.54) is 58.7 Å². The van der Waals surface area contributed by atoms with Crippen molar-refractivity contribution in [2.45, 2.75) is 138 Å². The third-order valence-electron chi connectivity index (χ3n) is 18.9. The Morgan fingerprint density at radius 3 is 1.00 bits per heavy atom. The van der Waals surface area contributed by atoms with Crippen LogP contribution in [0.2, 0.25) is 0 Å². The van der Waals surface area contributed by atoms with E-state index >= 15 is 0 Å². The molecule has 4 bridgehead atoms. The minimum Gasteiger partial charge on any atom is -0.507 e. The highest BCUT2D eigenvalue weighted by atomic mass is 32.2. The smallest absolute Gasteiger partial charge is 0.344 e. The van der Waals surface area contributed by atoms with Crippen molar-refractivity contribution in [1.29, 1.82) is 0 Å². The van der Waals surface area contributed by atoms with Gasteiger partial charge in [-0.1, -0.05) is 146 Å². The third-order valence-corrected chi connectivity index (χ3v) is 27.8. The lowest BCUT2D eigenvalue weighted by Crippen LogP contribution is -2.45. The number of aromatic hydroxyl groups is 1. The number of benzene rings is 12. The second-order valence-corrected chi connectivity index (χ2v) is 34.9. The van der Waals surface area contributed by atoms with Crippen LogP contribution in [0.5, 0.6) is 23.0 Å². The Kier molecular flexibility index (Phi) is 26.2. The van der Waals surface area contributed by atoms with E-state index in [1.807, 2.05) is 90.1 Å². The zero-order chi connectivity index (χ0) is 74.8. The van der Waals surface area contributed by atoms with Crippen LogP contribution in [-0.4, -0.2) is 60.7 Å². The summed E-state index contributed by atoms with van der Waals surface area (Å²) in [6.07, 6.45) is 2.80. The van der Waals surface area contributed by atoms with Gasteiger partial charge in [-0.15, -0.1) is 0 Å². The molecular weight excluding hydrogens is 1410 g/mol. The summed E-state index contributed by atoms with van der Waals surface area (Å²) in [6, 6.07) is 105. The number of esters is 2. The largest absolute Gasteiger partial charge is 0.507 e. The van der Waals surface area contributed by atoms with Gasteiger partial charge in [-0.2, -0.15) is 0 Å². The van der Waals surface area contributed by atoms with Crippen molar-refractivity contribution in [3.63, 3.8) is 0 Å². The van der Waals surface area contributed by atoms with Gasteiger partial charge in [0, 0.05) is 42.3 Å². The second kappa shape index (κ2) is 36.8. The SMILES string of the molecule is COc1ccc([S+](c2ccccc2)c2ccccc2)cc1.Cc1cc([S+](c2ccccc2)c2ccccc2)cc(C)c1O.Cc1cc([S+](c2ccccc2)c2ccccc2)cc(C)c1OCC(=O)O.Cc1cc([S+](c2ccccc2)c2ccccc2)cc(C)c1OCC(=O)OC1C2CC3CC(C2)C(=O)OC1C3. The highest BCUT2D eigenvalue weighted by Gasteiger charge is 2.52. The van der Waals surface area contributed by atoms with Gasteiger partial charge in [0.15, 0.2) is 72.0 Å². The van der Waals surface area contributed by atoms with Gasteiger partial charge < -0.3 is 33.9 Å². The van der Waals surface area contributed by atoms with Crippen LogP contribution in [0, 0.1) is 59.3 Å². The summed E-state index contributed by atoms with van der Waals surface area (Å²) in [5.41, 5.74) is 5.73. The lowest BCUT2D eigenvalue weighted by Gasteiger charge is -2.41. The minimum absolute atomic E-state index is 0.0381. The summed E-state index contributed by atoms with van der Waals surface area (Å²) >= 11 is 0. The molecule has 0 radical (unpaired) electrons. The van der Waals surface area contributed by atoms with Crippen LogP contribution in [0.1, 0.15) is 59.1 Å². The topological polar surface area (TPSA) is 138 Å². The number of hydrogen-bond acceptors (Lipinski definition) is 9. The fourth-order valence-electron chi connectivity index (χ4n) is 14.2. The molecule has 10 nitrogen and oxygen atoms in total. The van der Waals surface area contributed by atoms with E-state index in [-0.39, 0.29) is 86.8 Å². The van der Waals surface area contributed by atoms with Crippen LogP contribution in [0.15, 0.2) is 362 Å². The molecule has 4 aliphatic rings. The van der Waals surface area contributed by atoms with Crippen molar-refractivity contribution in [2.24, 2.45) is 17.8 Å². The van der Waals surface area contributed by atoms with Crippen molar-refractivity contribution in [3.05, 3.63) is 337 Å². The van der Waals surface area contributed by atoms with E-state index in [4.69, 9.17) is 28.8 Å². The molecule has 2 aliphatic carbocycles. The first-order valence-electron chi connectivity index (χ1n) is 36.0. The van der Waals surface area contributed by atoms with Gasteiger partial charge in [0.2, 0.25) is 0 Å². The number of methoxy groups -OCH3 is 1. The maximum Gasteiger partial charge on any atom is 0.344 e. The number of ether oxygens (including phenoxy) is 5. The van der Waals surface area contributed by atoms with Crippen molar-refractivity contribution < 1.29 is 48.3 Å². The summed E-state index contributed by atoms with van der Waals surface area (Å²) in [5.74, 6) is 1.82. The Morgan fingerprint density at radius 1 is 0.383 bits per heavy atom. The predicted molar refractivity (Wildman–Crippen MR) is 430 cm³/mol. The van der Waals surface area contributed by atoms with E-state index in [2.05, 4.69) is 255 Å². The van der Waals surface area contributed by atoms with Crippen LogP contribution in [-0.2, 0) is 67.4 Å². The normalized spacial score (nSPS) is 16.0. The Bertz CT molecular complexity index is 4660. The molecule has 16 rings (SSSR count). The number of phenols is 1. The third kappa shape index (κ3) is 19.5. The van der Waals surface area contributed by atoms with E-state index < -0.39 is 11.9 Å². The first-order chi connectivity index (χ1) is 52.1. The predicted octanol–water partition coefficient (Wildman–Crippen LogP) is 20.8. The molecule has 0 amide bonds. The summed E-state index contributed by atoms with van der Waals surface area (Å²) in [4.78, 5) is 51.2. The molecule has 2 heterocycles. The number of carbonyl (C=O) groups is 3. The van der Waals surface area contributed by atoms with Gasteiger partial charge in [0.05, 0.1) is 56.6 Å². The highest BCUT2D eigenvalue weighted by molar-refractivity contribution is 7.98. The minimum atomic E-state index is -0.971. The molecule has 2 saturated carbocycles. The van der Waals surface area contributed by atoms with Gasteiger partial charge in [0.1, 0.15) is 35.2 Å². The average molecular weight is 1500 g/mol. The van der Waals surface area contributed by atoms with Gasteiger partial charge in [-0.05, 0) is 228 Å². The summed E-state index contributed by atoms with van der Waals surface area (Å²) in [5, 5.41) is 18.9. The van der Waals surface area contributed by atoms with Gasteiger partial charge in [-0.25, -0.2) is 9.59 Å². The molecule has 0 spiro atoms. The lowest BCUT2D eigenvalue weighted by molar-refractivity contribution is -0.174. The van der Waals surface area contributed by atoms with Gasteiger partial charge in [-0.3, -0.25) is 4.79 Å². The van der Waals surface area contributed by atoms with Crippen molar-refractivity contribution in [3.8, 4) is 23.0 Å². The molecule has 2 N–H and O–H groups in total. The lowest BCUT2D eigenvalue weighted by atomic mass is 9.67. The average Bonchev–Trinajstić information content (AvgIpc) is 1.70. The quantitative estimate of drug-likeness (QED) is 0.0560. The number of carboxylic acid groups (broad SMARTS) is 1. The molecule has 12 aromatic carbocycles. The number of rotatable bonds is 20. The molecule has 2 saturated heterocycles. The Morgan fingerprint density at radius 2 is 0.682 bits per heavy atom. The van der Waals surface area contributed by atoms with E-state index in [0.717, 1.165) is 64.8 Å². The van der Waals surface area contributed by atoms with Crippen molar-refractivity contribution in [1.82, 2.24) is 0 Å². The highest BCUT2D eigenvalue weighted by Crippen LogP contribution is 2.49. The van der Waals surface area contributed by atoms with Crippen LogP contribution >= 0.6 is 0 Å². The van der Waals surface area contributed by atoms with Gasteiger partial charge in [0.25, 0.3) is 0 Å². The first kappa shape index (κ1) is 76.3. The first-order valence-corrected chi connectivity index (χ1v) is 40.9. The molecule has 542 valence electrons.